The van der Waals surface area contributed by atoms with Crippen LogP contribution in [0.15, 0.2) is 59.1 Å². The van der Waals surface area contributed by atoms with Gasteiger partial charge in [-0.25, -0.2) is 0 Å². The Morgan fingerprint density at radius 1 is 1.08 bits per heavy atom. The van der Waals surface area contributed by atoms with Gasteiger partial charge >= 0.3 is 0 Å². The maximum absolute atomic E-state index is 9.81. The lowest BCUT2D eigenvalue weighted by Crippen LogP contribution is -2.42. The highest BCUT2D eigenvalue weighted by molar-refractivity contribution is 5.58. The molecule has 5 nitrogen and oxygen atoms in total. The predicted octanol–water partition coefficient (Wildman–Crippen LogP) is 3.04. The summed E-state index contributed by atoms with van der Waals surface area (Å²) in [5.41, 5.74) is 2.49. The number of hydrogen-bond donors (Lipinski definition) is 2. The molecule has 0 fully saturated rings. The molecule has 5 heteroatoms. The summed E-state index contributed by atoms with van der Waals surface area (Å²) < 4.78 is 5.34. The maximum Gasteiger partial charge on any atom is 0.240 e. The SMILES string of the molecule is Cc1ccccc1-c1noc(CNC(C)(CO)c2ccccc2)n1. The monoisotopic (exact) mass is 323 g/mol. The average molecular weight is 323 g/mol. The van der Waals surface area contributed by atoms with Crippen molar-refractivity contribution in [1.29, 1.82) is 0 Å². The van der Waals surface area contributed by atoms with Crippen LogP contribution in [-0.4, -0.2) is 21.9 Å². The van der Waals surface area contributed by atoms with E-state index in [1.807, 2.05) is 68.4 Å². The van der Waals surface area contributed by atoms with Gasteiger partial charge in [0.15, 0.2) is 0 Å². The van der Waals surface area contributed by atoms with Crippen molar-refractivity contribution < 1.29 is 9.63 Å². The average Bonchev–Trinajstić information content (AvgIpc) is 3.10. The first-order valence-corrected chi connectivity index (χ1v) is 7.92. The van der Waals surface area contributed by atoms with Gasteiger partial charge in [-0.05, 0) is 25.0 Å². The Morgan fingerprint density at radius 3 is 2.50 bits per heavy atom. The second-order valence-electron chi connectivity index (χ2n) is 6.04. The third kappa shape index (κ3) is 3.37. The number of nitrogens with one attached hydrogen (secondary N) is 1. The fourth-order valence-electron chi connectivity index (χ4n) is 2.59. The van der Waals surface area contributed by atoms with Crippen molar-refractivity contribution in [3.63, 3.8) is 0 Å². The van der Waals surface area contributed by atoms with E-state index in [4.69, 9.17) is 4.52 Å². The highest BCUT2D eigenvalue weighted by Crippen LogP contribution is 2.22. The fraction of sp³-hybridized carbons (Fsp3) is 0.263. The summed E-state index contributed by atoms with van der Waals surface area (Å²) in [6.45, 7) is 4.31. The molecule has 1 heterocycles. The summed E-state index contributed by atoms with van der Waals surface area (Å²) in [4.78, 5) is 4.45. The Balaban J connectivity index is 1.74. The largest absolute Gasteiger partial charge is 0.394 e. The highest BCUT2D eigenvalue weighted by Gasteiger charge is 2.25. The highest BCUT2D eigenvalue weighted by atomic mass is 16.5. The van der Waals surface area contributed by atoms with Gasteiger partial charge in [0.1, 0.15) is 0 Å². The van der Waals surface area contributed by atoms with E-state index >= 15 is 0 Å². The first-order chi connectivity index (χ1) is 11.6. The number of aliphatic hydroxyl groups is 1. The van der Waals surface area contributed by atoms with Gasteiger partial charge in [0, 0.05) is 5.56 Å². The van der Waals surface area contributed by atoms with Crippen LogP contribution < -0.4 is 5.32 Å². The van der Waals surface area contributed by atoms with Crippen molar-refractivity contribution in [3.8, 4) is 11.4 Å². The van der Waals surface area contributed by atoms with Gasteiger partial charge in [0.2, 0.25) is 11.7 Å². The van der Waals surface area contributed by atoms with Gasteiger partial charge in [0.25, 0.3) is 0 Å². The van der Waals surface area contributed by atoms with E-state index in [1.54, 1.807) is 0 Å². The number of aromatic nitrogens is 2. The number of benzene rings is 2. The number of nitrogens with zero attached hydrogens (tertiary/aromatic N) is 2. The molecule has 0 spiro atoms. The Hall–Kier alpha value is -2.50. The third-order valence-electron chi connectivity index (χ3n) is 4.21. The van der Waals surface area contributed by atoms with Crippen LogP contribution in [0, 0.1) is 6.92 Å². The van der Waals surface area contributed by atoms with E-state index in [9.17, 15) is 5.11 Å². The quantitative estimate of drug-likeness (QED) is 0.729. The molecule has 1 aromatic heterocycles. The number of aliphatic hydroxyl groups excluding tert-OH is 1. The molecular formula is C19H21N3O2. The van der Waals surface area contributed by atoms with E-state index in [-0.39, 0.29) is 6.61 Å². The Bertz CT molecular complexity index is 801. The predicted molar refractivity (Wildman–Crippen MR) is 92.2 cm³/mol. The third-order valence-corrected chi connectivity index (χ3v) is 4.21. The molecule has 3 rings (SSSR count). The molecule has 0 aliphatic rings. The van der Waals surface area contributed by atoms with Crippen LogP contribution in [0.3, 0.4) is 0 Å². The van der Waals surface area contributed by atoms with Crippen LogP contribution in [-0.2, 0) is 12.1 Å². The summed E-state index contributed by atoms with van der Waals surface area (Å²) in [7, 11) is 0. The molecule has 1 unspecified atom stereocenters. The van der Waals surface area contributed by atoms with Gasteiger partial charge < -0.3 is 9.63 Å². The summed E-state index contributed by atoms with van der Waals surface area (Å²) in [6, 6.07) is 17.7. The minimum atomic E-state index is -0.571. The summed E-state index contributed by atoms with van der Waals surface area (Å²) in [5, 5.41) is 17.2. The first kappa shape index (κ1) is 16.4. The van der Waals surface area contributed by atoms with Crippen LogP contribution in [0.1, 0.15) is 23.9 Å². The van der Waals surface area contributed by atoms with Crippen LogP contribution in [0.4, 0.5) is 0 Å². The zero-order valence-corrected chi connectivity index (χ0v) is 13.9. The normalized spacial score (nSPS) is 13.6. The fourth-order valence-corrected chi connectivity index (χ4v) is 2.59. The molecule has 2 N–H and O–H groups in total. The molecule has 124 valence electrons. The Labute approximate surface area is 141 Å². The summed E-state index contributed by atoms with van der Waals surface area (Å²) in [6.07, 6.45) is 0. The lowest BCUT2D eigenvalue weighted by atomic mass is 9.93. The van der Waals surface area contributed by atoms with Gasteiger partial charge in [-0.3, -0.25) is 5.32 Å². The van der Waals surface area contributed by atoms with Crippen LogP contribution >= 0.6 is 0 Å². The van der Waals surface area contributed by atoms with Crippen molar-refractivity contribution in [1.82, 2.24) is 15.5 Å². The van der Waals surface area contributed by atoms with Crippen LogP contribution in [0.5, 0.6) is 0 Å². The van der Waals surface area contributed by atoms with Crippen molar-refractivity contribution in [3.05, 3.63) is 71.6 Å². The minimum absolute atomic E-state index is 0.0319. The second kappa shape index (κ2) is 6.95. The van der Waals surface area contributed by atoms with Gasteiger partial charge in [-0.15, -0.1) is 0 Å². The van der Waals surface area contributed by atoms with Crippen molar-refractivity contribution in [2.75, 3.05) is 6.61 Å². The lowest BCUT2D eigenvalue weighted by molar-refractivity contribution is 0.168. The number of aryl methyl sites for hydroxylation is 1. The lowest BCUT2D eigenvalue weighted by Gasteiger charge is -2.28. The molecule has 0 bridgehead atoms. The zero-order valence-electron chi connectivity index (χ0n) is 13.9. The van der Waals surface area contributed by atoms with E-state index in [0.717, 1.165) is 16.7 Å². The summed E-state index contributed by atoms with van der Waals surface area (Å²) >= 11 is 0. The number of hydrogen-bond acceptors (Lipinski definition) is 5. The minimum Gasteiger partial charge on any atom is -0.394 e. The van der Waals surface area contributed by atoms with Crippen molar-refractivity contribution >= 4 is 0 Å². The van der Waals surface area contributed by atoms with Crippen molar-refractivity contribution in [2.24, 2.45) is 0 Å². The first-order valence-electron chi connectivity index (χ1n) is 7.92. The van der Waals surface area contributed by atoms with Crippen LogP contribution in [0.25, 0.3) is 11.4 Å². The maximum atomic E-state index is 9.81. The molecule has 1 atom stereocenters. The molecule has 2 aromatic carbocycles. The Kier molecular flexibility index (Phi) is 4.74. The van der Waals surface area contributed by atoms with E-state index in [1.165, 1.54) is 0 Å². The van der Waals surface area contributed by atoms with E-state index in [2.05, 4.69) is 15.5 Å². The van der Waals surface area contributed by atoms with E-state index < -0.39 is 5.54 Å². The topological polar surface area (TPSA) is 71.2 Å². The molecule has 0 radical (unpaired) electrons. The zero-order chi connectivity index (χ0) is 17.0. The standard InChI is InChI=1S/C19H21N3O2/c1-14-8-6-7-11-16(14)18-21-17(24-22-18)12-20-19(2,13-23)15-9-4-3-5-10-15/h3-11,20,23H,12-13H2,1-2H3. The molecule has 0 aliphatic carbocycles. The van der Waals surface area contributed by atoms with Gasteiger partial charge in [-0.2, -0.15) is 4.98 Å². The molecule has 0 aliphatic heterocycles. The molecule has 3 aromatic rings. The number of rotatable bonds is 6. The van der Waals surface area contributed by atoms with Crippen LogP contribution in [0.2, 0.25) is 0 Å². The molecular weight excluding hydrogens is 302 g/mol. The molecule has 24 heavy (non-hydrogen) atoms. The van der Waals surface area contributed by atoms with Gasteiger partial charge in [0.05, 0.1) is 18.7 Å². The molecule has 0 saturated heterocycles. The summed E-state index contributed by atoms with van der Waals surface area (Å²) in [5.74, 6) is 1.07. The Morgan fingerprint density at radius 2 is 1.79 bits per heavy atom. The molecule has 0 saturated carbocycles. The molecule has 0 amide bonds. The van der Waals surface area contributed by atoms with Crippen molar-refractivity contribution in [2.45, 2.75) is 25.9 Å². The second-order valence-corrected chi connectivity index (χ2v) is 6.04. The van der Waals surface area contributed by atoms with E-state index in [0.29, 0.717) is 18.3 Å². The van der Waals surface area contributed by atoms with Gasteiger partial charge in [-0.1, -0.05) is 59.8 Å². The smallest absolute Gasteiger partial charge is 0.240 e.